The molecular weight excluding hydrogens is 432 g/mol. The Hall–Kier alpha value is -2.71. The lowest BCUT2D eigenvalue weighted by molar-refractivity contribution is 0.0764. The number of hydrogen-bond donors (Lipinski definition) is 0. The number of likely N-dealkylation sites (N-methyl/N-ethyl adjacent to an activating group) is 2. The molecule has 0 radical (unpaired) electrons. The van der Waals surface area contributed by atoms with E-state index in [9.17, 15) is 4.79 Å². The summed E-state index contributed by atoms with van der Waals surface area (Å²) in [5, 5.41) is 12.2. The summed E-state index contributed by atoms with van der Waals surface area (Å²) in [7, 11) is 4.09. The molecule has 1 aliphatic rings. The molecule has 1 amide bonds. The molecule has 2 aromatic carbocycles. The Morgan fingerprint density at radius 1 is 1.00 bits per heavy atom. The van der Waals surface area contributed by atoms with Gasteiger partial charge in [0.1, 0.15) is 0 Å². The van der Waals surface area contributed by atoms with Crippen molar-refractivity contribution < 1.29 is 4.79 Å². The first-order chi connectivity index (χ1) is 16.1. The second-order valence-corrected chi connectivity index (χ2v) is 9.64. The molecule has 8 heteroatoms. The molecular formula is C25H32N6OS. The predicted octanol–water partition coefficient (Wildman–Crippen LogP) is 4.29. The van der Waals surface area contributed by atoms with E-state index >= 15 is 0 Å². The Morgan fingerprint density at radius 2 is 1.73 bits per heavy atom. The lowest BCUT2D eigenvalue weighted by Gasteiger charge is -2.32. The van der Waals surface area contributed by atoms with E-state index in [-0.39, 0.29) is 5.91 Å². The number of tetrazole rings is 1. The van der Waals surface area contributed by atoms with Crippen molar-refractivity contribution in [3.8, 4) is 5.69 Å². The number of carbonyl (C=O) groups excluding carboxylic acids is 1. The lowest BCUT2D eigenvalue weighted by atomic mass is 9.94. The molecule has 0 atom stereocenters. The highest BCUT2D eigenvalue weighted by atomic mass is 32.2. The minimum atomic E-state index is 0.0535. The van der Waals surface area contributed by atoms with Crippen molar-refractivity contribution in [2.24, 2.45) is 0 Å². The zero-order valence-corrected chi connectivity index (χ0v) is 20.2. The van der Waals surface area contributed by atoms with E-state index in [1.165, 1.54) is 32.1 Å². The third-order valence-electron chi connectivity index (χ3n) is 6.34. The van der Waals surface area contributed by atoms with Crippen molar-refractivity contribution in [2.75, 3.05) is 27.2 Å². The first-order valence-electron chi connectivity index (χ1n) is 11.6. The SMILES string of the molecule is CN(CCN(C)C1CCCCC1)C(=O)c1ccccc1SCc1nnnn1-c1ccccc1. The number of aromatic nitrogens is 4. The van der Waals surface area contributed by atoms with Crippen molar-refractivity contribution in [1.29, 1.82) is 0 Å². The van der Waals surface area contributed by atoms with Gasteiger partial charge in [-0.3, -0.25) is 4.79 Å². The number of rotatable bonds is 9. The van der Waals surface area contributed by atoms with Crippen LogP contribution in [0.1, 0.15) is 48.3 Å². The molecule has 1 heterocycles. The van der Waals surface area contributed by atoms with Crippen LogP contribution in [-0.4, -0.2) is 69.1 Å². The predicted molar refractivity (Wildman–Crippen MR) is 132 cm³/mol. The highest BCUT2D eigenvalue weighted by Gasteiger charge is 2.20. The van der Waals surface area contributed by atoms with Crippen molar-refractivity contribution in [3.63, 3.8) is 0 Å². The fourth-order valence-corrected chi connectivity index (χ4v) is 5.25. The zero-order valence-electron chi connectivity index (χ0n) is 19.4. The van der Waals surface area contributed by atoms with Gasteiger partial charge < -0.3 is 9.80 Å². The van der Waals surface area contributed by atoms with Gasteiger partial charge in [-0.1, -0.05) is 49.6 Å². The fourth-order valence-electron chi connectivity index (χ4n) is 4.30. The van der Waals surface area contributed by atoms with Crippen LogP contribution >= 0.6 is 11.8 Å². The summed E-state index contributed by atoms with van der Waals surface area (Å²) in [6.07, 6.45) is 6.55. The van der Waals surface area contributed by atoms with Crippen LogP contribution in [0.4, 0.5) is 0 Å². The third kappa shape index (κ3) is 6.00. The maximum Gasteiger partial charge on any atom is 0.254 e. The number of carbonyl (C=O) groups is 1. The monoisotopic (exact) mass is 464 g/mol. The quantitative estimate of drug-likeness (QED) is 0.440. The lowest BCUT2D eigenvalue weighted by Crippen LogP contribution is -2.40. The Morgan fingerprint density at radius 3 is 2.52 bits per heavy atom. The van der Waals surface area contributed by atoms with Crippen molar-refractivity contribution in [3.05, 3.63) is 66.0 Å². The maximum atomic E-state index is 13.3. The standard InChI is InChI=1S/C25H32N6OS/c1-29(20-11-5-3-6-12-20)17-18-30(2)25(32)22-15-9-10-16-23(22)33-19-24-26-27-28-31(24)21-13-7-4-8-14-21/h4,7-10,13-16,20H,3,5-6,11-12,17-19H2,1-2H3. The molecule has 0 saturated heterocycles. The van der Waals surface area contributed by atoms with E-state index in [0.717, 1.165) is 35.1 Å². The Bertz CT molecular complexity index is 1030. The fraction of sp³-hybridized carbons (Fsp3) is 0.440. The van der Waals surface area contributed by atoms with Gasteiger partial charge in [-0.25, -0.2) is 0 Å². The van der Waals surface area contributed by atoms with Crippen LogP contribution < -0.4 is 0 Å². The van der Waals surface area contributed by atoms with Gasteiger partial charge in [0.25, 0.3) is 5.91 Å². The second kappa shape index (κ2) is 11.4. The number of amides is 1. The van der Waals surface area contributed by atoms with E-state index in [1.54, 1.807) is 16.4 Å². The van der Waals surface area contributed by atoms with Crippen LogP contribution in [-0.2, 0) is 5.75 Å². The van der Waals surface area contributed by atoms with E-state index < -0.39 is 0 Å². The van der Waals surface area contributed by atoms with E-state index in [1.807, 2.05) is 66.5 Å². The van der Waals surface area contributed by atoms with E-state index in [4.69, 9.17) is 0 Å². The second-order valence-electron chi connectivity index (χ2n) is 8.63. The van der Waals surface area contributed by atoms with Crippen LogP contribution in [0.3, 0.4) is 0 Å². The van der Waals surface area contributed by atoms with Gasteiger partial charge in [-0.15, -0.1) is 16.9 Å². The molecule has 33 heavy (non-hydrogen) atoms. The summed E-state index contributed by atoms with van der Waals surface area (Å²) in [6, 6.07) is 18.3. The topological polar surface area (TPSA) is 67.2 Å². The Kier molecular flexibility index (Phi) is 8.12. The van der Waals surface area contributed by atoms with E-state index in [2.05, 4.69) is 27.5 Å². The van der Waals surface area contributed by atoms with Gasteiger partial charge in [-0.05, 0) is 54.6 Å². The summed E-state index contributed by atoms with van der Waals surface area (Å²) in [5.41, 5.74) is 1.65. The first kappa shape index (κ1) is 23.4. The van der Waals surface area contributed by atoms with E-state index in [0.29, 0.717) is 11.8 Å². The zero-order chi connectivity index (χ0) is 23.0. The molecule has 174 valence electrons. The minimum absolute atomic E-state index is 0.0535. The number of para-hydroxylation sites is 1. The largest absolute Gasteiger partial charge is 0.340 e. The Balaban J connectivity index is 1.38. The smallest absolute Gasteiger partial charge is 0.254 e. The van der Waals surface area contributed by atoms with Crippen molar-refractivity contribution >= 4 is 17.7 Å². The van der Waals surface area contributed by atoms with Gasteiger partial charge in [0.05, 0.1) is 17.0 Å². The van der Waals surface area contributed by atoms with Gasteiger partial charge in [-0.2, -0.15) is 4.68 Å². The summed E-state index contributed by atoms with van der Waals surface area (Å²) in [6.45, 7) is 1.62. The van der Waals surface area contributed by atoms with Crippen LogP contribution in [0.2, 0.25) is 0 Å². The first-order valence-corrected chi connectivity index (χ1v) is 12.6. The number of nitrogens with zero attached hydrogens (tertiary/aromatic N) is 6. The van der Waals surface area contributed by atoms with Crippen molar-refractivity contribution in [2.45, 2.75) is 48.8 Å². The normalized spacial score (nSPS) is 14.5. The molecule has 1 aromatic heterocycles. The summed E-state index contributed by atoms with van der Waals surface area (Å²) in [5.74, 6) is 1.37. The van der Waals surface area contributed by atoms with Crippen LogP contribution in [0.15, 0.2) is 59.5 Å². The highest BCUT2D eigenvalue weighted by Crippen LogP contribution is 2.27. The molecule has 1 aliphatic carbocycles. The average Bonchev–Trinajstić information content (AvgIpc) is 3.35. The van der Waals surface area contributed by atoms with Gasteiger partial charge in [0.15, 0.2) is 5.82 Å². The molecule has 1 saturated carbocycles. The minimum Gasteiger partial charge on any atom is -0.340 e. The molecule has 0 aliphatic heterocycles. The summed E-state index contributed by atoms with van der Waals surface area (Å²) in [4.78, 5) is 18.5. The number of benzene rings is 2. The number of hydrogen-bond acceptors (Lipinski definition) is 6. The highest BCUT2D eigenvalue weighted by molar-refractivity contribution is 7.98. The summed E-state index contributed by atoms with van der Waals surface area (Å²) < 4.78 is 1.74. The molecule has 3 aromatic rings. The van der Waals surface area contributed by atoms with Crippen LogP contribution in [0, 0.1) is 0 Å². The molecule has 1 fully saturated rings. The average molecular weight is 465 g/mol. The molecule has 4 rings (SSSR count). The van der Waals surface area contributed by atoms with Gasteiger partial charge in [0.2, 0.25) is 0 Å². The Labute approximate surface area is 200 Å². The molecule has 0 spiro atoms. The van der Waals surface area contributed by atoms with Crippen molar-refractivity contribution in [1.82, 2.24) is 30.0 Å². The van der Waals surface area contributed by atoms with Crippen LogP contribution in [0.5, 0.6) is 0 Å². The van der Waals surface area contributed by atoms with Crippen LogP contribution in [0.25, 0.3) is 5.69 Å². The molecule has 7 nitrogen and oxygen atoms in total. The molecule has 0 bridgehead atoms. The maximum absolute atomic E-state index is 13.3. The molecule has 0 N–H and O–H groups in total. The van der Waals surface area contributed by atoms with Gasteiger partial charge >= 0.3 is 0 Å². The summed E-state index contributed by atoms with van der Waals surface area (Å²) >= 11 is 1.59. The third-order valence-corrected chi connectivity index (χ3v) is 7.41. The number of thioether (sulfide) groups is 1. The molecule has 0 unspecified atom stereocenters. The van der Waals surface area contributed by atoms with Gasteiger partial charge in [0, 0.05) is 31.1 Å².